The van der Waals surface area contributed by atoms with Gasteiger partial charge in [0.25, 0.3) is 0 Å². The molecule has 4 rings (SSSR count). The van der Waals surface area contributed by atoms with Crippen LogP contribution in [0.1, 0.15) is 0 Å². The molecule has 47 heavy (non-hydrogen) atoms. The molecule has 0 amide bonds. The summed E-state index contributed by atoms with van der Waals surface area (Å²) in [7, 11) is 0. The van der Waals surface area contributed by atoms with Gasteiger partial charge in [0.05, 0.1) is 0 Å². The van der Waals surface area contributed by atoms with Crippen molar-refractivity contribution in [2.24, 2.45) is 0 Å². The number of rotatable bonds is 9. The number of benzene rings is 3. The molecule has 0 unspecified atom stereocenters. The molecule has 0 atom stereocenters. The van der Waals surface area contributed by atoms with E-state index in [1.165, 1.54) is 42.5 Å². The van der Waals surface area contributed by atoms with Gasteiger partial charge in [0.2, 0.25) is 0 Å². The molecule has 0 aliphatic carbocycles. The Balaban J connectivity index is 1.79. The third-order valence-electron chi connectivity index (χ3n) is 6.40. The Labute approximate surface area is 258 Å². The zero-order valence-electron chi connectivity index (χ0n) is 22.1. The summed E-state index contributed by atoms with van der Waals surface area (Å²) in [5.41, 5.74) is -0.794. The van der Waals surface area contributed by atoms with Gasteiger partial charge in [-0.1, -0.05) is 0 Å². The van der Waals surface area contributed by atoms with E-state index in [0.717, 1.165) is 30.3 Å². The summed E-state index contributed by atoms with van der Waals surface area (Å²) in [4.78, 5) is 25.4. The number of carbonyl (C=O) groups is 1. The van der Waals surface area contributed by atoms with Crippen molar-refractivity contribution < 1.29 is 78.1 Å². The first-order valence-electron chi connectivity index (χ1n) is 12.1. The molecule has 0 aliphatic rings. The second kappa shape index (κ2) is 11.5. The number of para-hydroxylation sites is 1. The second-order valence-corrected chi connectivity index (χ2v) is 13.8. The van der Waals surface area contributed by atoms with Crippen LogP contribution in [-0.2, 0) is 7.86 Å². The summed E-state index contributed by atoms with van der Waals surface area (Å²) in [6.07, 6.45) is -7.76. The van der Waals surface area contributed by atoms with Crippen molar-refractivity contribution in [3.8, 4) is 0 Å². The maximum absolute atomic E-state index is 14.7. The van der Waals surface area contributed by atoms with Crippen molar-refractivity contribution in [1.82, 2.24) is 0 Å². The number of fused-ring (bicyclic) bond motifs is 2. The molecule has 4 aromatic rings. The number of hydrogen-bond acceptors (Lipinski definition) is 4. The van der Waals surface area contributed by atoms with E-state index in [-0.39, 0.29) is 29.1 Å². The molecule has 20 heteroatoms. The Hall–Kier alpha value is -3.72. The third kappa shape index (κ3) is 5.44. The van der Waals surface area contributed by atoms with E-state index in [0.29, 0.717) is 0 Å². The van der Waals surface area contributed by atoms with E-state index < -0.39 is 73.3 Å². The normalized spacial score (nSPS) is 14.4. The summed E-state index contributed by atoms with van der Waals surface area (Å²) in [6.45, 7) is 0. The predicted octanol–water partition coefficient (Wildman–Crippen LogP) is 9.32. The Morgan fingerprint density at radius 3 is 1.62 bits per heavy atom. The first-order chi connectivity index (χ1) is 21.3. The van der Waals surface area contributed by atoms with Gasteiger partial charge in [0.15, 0.2) is 0 Å². The Bertz CT molecular complexity index is 1870. The summed E-state index contributed by atoms with van der Waals surface area (Å²) in [5.74, 6) is -52.7. The molecule has 0 N–H and O–H groups in total. The van der Waals surface area contributed by atoms with Crippen molar-refractivity contribution in [3.05, 3.63) is 90.2 Å². The molecule has 0 fully saturated rings. The Morgan fingerprint density at radius 1 is 0.553 bits per heavy atom. The zero-order chi connectivity index (χ0) is 35.6. The van der Waals surface area contributed by atoms with Gasteiger partial charge >= 0.3 is 258 Å². The van der Waals surface area contributed by atoms with Crippen LogP contribution in [0.4, 0.5) is 65.9 Å². The standard InChI is InChI=1S/C27H12F15IO4/c28-21(29,22(30,31)23(32,33)24(34,35)25(36,37)26(38,39)27(40,41)42)20(45)47-43(13-6-2-1-3-7-13)14-10-11-18-16(12-14)19(44)15-8-4-5-9-17(15)46-18/h1-12H. The van der Waals surface area contributed by atoms with Gasteiger partial charge in [-0.2, -0.15) is 0 Å². The fraction of sp³-hybridized carbons (Fsp3) is 0.259. The molecular weight excluding hydrogens is 800 g/mol. The van der Waals surface area contributed by atoms with E-state index in [1.54, 1.807) is 0 Å². The van der Waals surface area contributed by atoms with Gasteiger partial charge in [-0.25, -0.2) is 0 Å². The maximum atomic E-state index is 14.7. The van der Waals surface area contributed by atoms with Crippen LogP contribution >= 0.6 is 20.2 Å². The first-order valence-corrected chi connectivity index (χ1v) is 15.2. The van der Waals surface area contributed by atoms with Gasteiger partial charge < -0.3 is 0 Å². The van der Waals surface area contributed by atoms with Gasteiger partial charge in [-0.15, -0.1) is 0 Å². The molecule has 3 aromatic carbocycles. The minimum atomic E-state index is -8.56. The molecule has 0 radical (unpaired) electrons. The fourth-order valence-corrected chi connectivity index (χ4v) is 7.91. The second-order valence-electron chi connectivity index (χ2n) is 9.42. The molecule has 0 bridgehead atoms. The average molecular weight is 812 g/mol. The monoisotopic (exact) mass is 812 g/mol. The van der Waals surface area contributed by atoms with E-state index in [4.69, 9.17) is 4.42 Å². The van der Waals surface area contributed by atoms with Crippen LogP contribution < -0.4 is 5.43 Å². The van der Waals surface area contributed by atoms with Crippen LogP contribution in [0.15, 0.2) is 82.0 Å². The van der Waals surface area contributed by atoms with Crippen LogP contribution in [0.5, 0.6) is 0 Å². The number of alkyl halides is 15. The molecule has 4 nitrogen and oxygen atoms in total. The summed E-state index contributed by atoms with van der Waals surface area (Å²) < 4.78 is 214. The van der Waals surface area contributed by atoms with Crippen molar-refractivity contribution in [1.29, 1.82) is 0 Å². The van der Waals surface area contributed by atoms with E-state index in [9.17, 15) is 75.4 Å². The molecule has 0 spiro atoms. The van der Waals surface area contributed by atoms with Gasteiger partial charge in [-0.3, -0.25) is 0 Å². The van der Waals surface area contributed by atoms with Gasteiger partial charge in [-0.05, 0) is 0 Å². The van der Waals surface area contributed by atoms with Crippen molar-refractivity contribution in [3.63, 3.8) is 0 Å². The van der Waals surface area contributed by atoms with Crippen LogP contribution in [0.3, 0.4) is 0 Å². The summed E-state index contributed by atoms with van der Waals surface area (Å²) >= 11 is -4.48. The van der Waals surface area contributed by atoms with Gasteiger partial charge in [0, 0.05) is 0 Å². The SMILES string of the molecule is O=C(OI(c1ccccc1)c1ccc2oc3ccccc3c(=O)c2c1)C(F)(F)C(F)(F)C(F)(F)C(F)(F)C(F)(F)C(F)(F)C(F)(F)F. The Morgan fingerprint density at radius 2 is 1.04 bits per heavy atom. The fourth-order valence-electron chi connectivity index (χ4n) is 3.84. The van der Waals surface area contributed by atoms with Crippen LogP contribution in [0, 0.1) is 7.14 Å². The molecule has 0 saturated carbocycles. The average Bonchev–Trinajstić information content (AvgIpc) is 2.99. The van der Waals surface area contributed by atoms with E-state index in [2.05, 4.69) is 3.07 Å². The van der Waals surface area contributed by atoms with Crippen LogP contribution in [-0.4, -0.2) is 47.7 Å². The van der Waals surface area contributed by atoms with Crippen LogP contribution in [0.2, 0.25) is 0 Å². The number of halogens is 16. The quantitative estimate of drug-likeness (QED) is 0.0962. The molecule has 1 heterocycles. The molecular formula is C27H12F15IO4. The number of carbonyl (C=O) groups excluding carboxylic acids is 1. The Kier molecular flexibility index (Phi) is 8.81. The van der Waals surface area contributed by atoms with Crippen molar-refractivity contribution in [2.45, 2.75) is 41.7 Å². The van der Waals surface area contributed by atoms with E-state index in [1.807, 2.05) is 0 Å². The molecule has 0 saturated heterocycles. The first kappa shape index (κ1) is 36.1. The summed E-state index contributed by atoms with van der Waals surface area (Å²) in [5, 5.41) is -0.317. The van der Waals surface area contributed by atoms with Crippen molar-refractivity contribution >= 4 is 48.1 Å². The molecule has 1 aromatic heterocycles. The topological polar surface area (TPSA) is 56.5 Å². The predicted molar refractivity (Wildman–Crippen MR) is 140 cm³/mol. The molecule has 0 aliphatic heterocycles. The van der Waals surface area contributed by atoms with Crippen LogP contribution in [0.25, 0.3) is 21.9 Å². The zero-order valence-corrected chi connectivity index (χ0v) is 24.3. The number of hydrogen-bond donors (Lipinski definition) is 0. The molecule has 256 valence electrons. The summed E-state index contributed by atoms with van der Waals surface area (Å²) in [6, 6.07) is 14.3. The minimum absolute atomic E-state index is 0.0172. The van der Waals surface area contributed by atoms with Crippen molar-refractivity contribution in [2.75, 3.05) is 0 Å². The third-order valence-corrected chi connectivity index (χ3v) is 10.9. The van der Waals surface area contributed by atoms with Gasteiger partial charge in [0.1, 0.15) is 0 Å². The van der Waals surface area contributed by atoms with E-state index >= 15 is 0 Å².